The molecule has 1 fully saturated rings. The van der Waals surface area contributed by atoms with Crippen molar-refractivity contribution in [3.05, 3.63) is 72.1 Å². The van der Waals surface area contributed by atoms with Gasteiger partial charge < -0.3 is 52.9 Å². The average molecular weight is 699 g/mol. The molecule has 42 heavy (non-hydrogen) atoms. The molecule has 224 valence electrons. The van der Waals surface area contributed by atoms with Crippen molar-refractivity contribution in [3.63, 3.8) is 0 Å². The average Bonchev–Trinajstić information content (AvgIpc) is 3.60. The minimum atomic E-state index is 0. The second-order valence-corrected chi connectivity index (χ2v) is 10.4. The van der Waals surface area contributed by atoms with Gasteiger partial charge >= 0.3 is 29.6 Å². The molecule has 0 saturated carbocycles. The Morgan fingerprint density at radius 3 is 1.26 bits per heavy atom. The maximum atomic E-state index is 5.93. The van der Waals surface area contributed by atoms with E-state index < -0.39 is 0 Å². The minimum absolute atomic E-state index is 0. The van der Waals surface area contributed by atoms with E-state index in [1.54, 1.807) is 0 Å². The summed E-state index contributed by atoms with van der Waals surface area (Å²) < 4.78 is 23.7. The number of aromatic amines is 2. The van der Waals surface area contributed by atoms with Crippen LogP contribution < -0.4 is 53.5 Å². The van der Waals surface area contributed by atoms with Crippen molar-refractivity contribution < 1.29 is 72.5 Å². The monoisotopic (exact) mass is 698 g/mol. The third kappa shape index (κ3) is 11.2. The minimum Gasteiger partial charge on any atom is -1.00 e. The Bertz CT molecular complexity index is 1170. The number of ether oxygens (including phenoxy) is 4. The molecule has 0 unspecified atom stereocenters. The van der Waals surface area contributed by atoms with E-state index >= 15 is 0 Å². The third-order valence-electron chi connectivity index (χ3n) is 7.70. The van der Waals surface area contributed by atoms with Crippen LogP contribution in [0.15, 0.2) is 60.9 Å². The van der Waals surface area contributed by atoms with Gasteiger partial charge in [-0.1, -0.05) is 36.4 Å². The van der Waals surface area contributed by atoms with E-state index in [1.165, 1.54) is 32.9 Å². The van der Waals surface area contributed by atoms with Crippen molar-refractivity contribution in [1.29, 1.82) is 0 Å². The zero-order valence-corrected chi connectivity index (χ0v) is 29.2. The van der Waals surface area contributed by atoms with Gasteiger partial charge in [-0.15, -0.1) is 0 Å². The van der Waals surface area contributed by atoms with Crippen LogP contribution in [0.3, 0.4) is 0 Å². The molecule has 5 rings (SSSR count). The van der Waals surface area contributed by atoms with Gasteiger partial charge in [-0.05, 0) is 36.1 Å². The molecule has 0 amide bonds. The number of halogens is 1. The zero-order chi connectivity index (χ0) is 27.2. The molecule has 0 radical (unpaired) electrons. The molecule has 2 aromatic carbocycles. The van der Waals surface area contributed by atoms with Gasteiger partial charge in [-0.2, -0.15) is 0 Å². The van der Waals surface area contributed by atoms with E-state index in [0.29, 0.717) is 52.9 Å². The summed E-state index contributed by atoms with van der Waals surface area (Å²) in [4.78, 5) is 11.6. The van der Waals surface area contributed by atoms with Crippen molar-refractivity contribution >= 4 is 21.8 Å². The summed E-state index contributed by atoms with van der Waals surface area (Å²) in [6.07, 6.45) is 6.26. The quantitative estimate of drug-likeness (QED) is 0.182. The van der Waals surface area contributed by atoms with Crippen LogP contribution in [-0.4, -0.2) is 112 Å². The van der Waals surface area contributed by atoms with Crippen LogP contribution in [0.5, 0.6) is 0 Å². The van der Waals surface area contributed by atoms with Crippen LogP contribution >= 0.6 is 0 Å². The number of aromatic nitrogens is 2. The molecule has 2 N–H and O–H groups in total. The number of rotatable bonds is 6. The van der Waals surface area contributed by atoms with Gasteiger partial charge in [0.15, 0.2) is 0 Å². The number of nitrogens with one attached hydrogen (secondary N) is 2. The zero-order valence-electron chi connectivity index (χ0n) is 25.0. The Labute approximate surface area is 289 Å². The fourth-order valence-corrected chi connectivity index (χ4v) is 5.32. The van der Waals surface area contributed by atoms with Crippen LogP contribution in [0.4, 0.5) is 0 Å². The fourth-order valence-electron chi connectivity index (χ4n) is 5.32. The number of hydrogen-bond donors (Lipinski definition) is 2. The van der Waals surface area contributed by atoms with E-state index in [2.05, 4.69) is 80.7 Å². The van der Waals surface area contributed by atoms with Crippen molar-refractivity contribution in [2.24, 2.45) is 0 Å². The van der Waals surface area contributed by atoms with Crippen LogP contribution in [0.25, 0.3) is 21.8 Å². The predicted octanol–water partition coefficient (Wildman–Crippen LogP) is -1.87. The van der Waals surface area contributed by atoms with Gasteiger partial charge in [-0.3, -0.25) is 9.80 Å². The SMILES string of the molecule is [I-].[Na+].c1ccc2c(CCN3CCOCCOCCN(CCc4c[nH]c5ccccc45)CCOCCOCC3)c[nH]c2c1. The Morgan fingerprint density at radius 1 is 0.524 bits per heavy atom. The number of nitrogens with zero attached hydrogens (tertiary/aromatic N) is 2. The Kier molecular flexibility index (Phi) is 17.0. The van der Waals surface area contributed by atoms with Crippen molar-refractivity contribution in [1.82, 2.24) is 19.8 Å². The smallest absolute Gasteiger partial charge is 1.00 e. The molecule has 1 aliphatic heterocycles. The van der Waals surface area contributed by atoms with Gasteiger partial charge in [0.25, 0.3) is 0 Å². The molecule has 4 aromatic rings. The van der Waals surface area contributed by atoms with E-state index in [1.807, 2.05) is 0 Å². The normalized spacial score (nSPS) is 17.7. The molecule has 0 bridgehead atoms. The van der Waals surface area contributed by atoms with Gasteiger partial charge in [0, 0.05) is 73.5 Å². The molecule has 0 spiro atoms. The molecule has 1 saturated heterocycles. The summed E-state index contributed by atoms with van der Waals surface area (Å²) in [5.74, 6) is 0. The summed E-state index contributed by atoms with van der Waals surface area (Å²) in [6, 6.07) is 17.0. The van der Waals surface area contributed by atoms with E-state index in [0.717, 1.165) is 52.1 Å². The first-order chi connectivity index (χ1) is 19.9. The number of para-hydroxylation sites is 2. The third-order valence-corrected chi connectivity index (χ3v) is 7.70. The van der Waals surface area contributed by atoms with Crippen molar-refractivity contribution in [2.45, 2.75) is 12.8 Å². The van der Waals surface area contributed by atoms with Crippen LogP contribution in [0.2, 0.25) is 0 Å². The molecule has 10 heteroatoms. The summed E-state index contributed by atoms with van der Waals surface area (Å²) >= 11 is 0. The molecule has 0 aliphatic carbocycles. The van der Waals surface area contributed by atoms with Crippen molar-refractivity contribution in [3.8, 4) is 0 Å². The van der Waals surface area contributed by atoms with Crippen molar-refractivity contribution in [2.75, 3.05) is 92.1 Å². The van der Waals surface area contributed by atoms with E-state index in [4.69, 9.17) is 18.9 Å². The van der Waals surface area contributed by atoms with Gasteiger partial charge in [0.2, 0.25) is 0 Å². The first-order valence-electron chi connectivity index (χ1n) is 14.7. The topological polar surface area (TPSA) is 75.0 Å². The molecule has 8 nitrogen and oxygen atoms in total. The molecule has 3 heterocycles. The fraction of sp³-hybridized carbons (Fsp3) is 0.500. The summed E-state index contributed by atoms with van der Waals surface area (Å²) in [6.45, 7) is 10.7. The van der Waals surface area contributed by atoms with Crippen LogP contribution in [-0.2, 0) is 31.8 Å². The summed E-state index contributed by atoms with van der Waals surface area (Å²) in [5.41, 5.74) is 5.10. The number of H-pyrrole nitrogens is 2. The Morgan fingerprint density at radius 2 is 0.881 bits per heavy atom. The largest absolute Gasteiger partial charge is 1.00 e. The molecule has 0 atom stereocenters. The Hall–Kier alpha value is -0.990. The van der Waals surface area contributed by atoms with Gasteiger partial charge in [0.05, 0.1) is 52.9 Å². The number of benzene rings is 2. The molecule has 1 aliphatic rings. The van der Waals surface area contributed by atoms with E-state index in [-0.39, 0.29) is 53.5 Å². The van der Waals surface area contributed by atoms with Crippen LogP contribution in [0, 0.1) is 0 Å². The van der Waals surface area contributed by atoms with E-state index in [9.17, 15) is 0 Å². The molecular formula is C32H44IN4NaO4. The summed E-state index contributed by atoms with van der Waals surface area (Å²) in [5, 5.41) is 2.62. The maximum Gasteiger partial charge on any atom is 1.00 e. The molecule has 2 aromatic heterocycles. The first kappa shape index (κ1) is 35.5. The molecular weight excluding hydrogens is 654 g/mol. The second kappa shape index (κ2) is 20.1. The number of hydrogen-bond acceptors (Lipinski definition) is 6. The van der Waals surface area contributed by atoms with Gasteiger partial charge in [-0.25, -0.2) is 0 Å². The van der Waals surface area contributed by atoms with Crippen LogP contribution in [0.1, 0.15) is 11.1 Å². The number of fused-ring (bicyclic) bond motifs is 2. The first-order valence-corrected chi connectivity index (χ1v) is 14.7. The standard InChI is InChI=1S/C32H44N4O4.HI.Na/c1-3-7-31-29(5-1)27(25-33-31)9-11-35-13-17-37-21-23-39-19-15-36(16-20-40-24-22-38-18-14-35)12-10-28-26-34-32-8-4-2-6-30(28)32;;/h1-8,25-26,33-34H,9-24H2;1H;/q;;+1/p-1. The predicted molar refractivity (Wildman–Crippen MR) is 160 cm³/mol. The Balaban J connectivity index is 0.00000242. The second-order valence-electron chi connectivity index (χ2n) is 10.4. The maximum absolute atomic E-state index is 5.93. The summed E-state index contributed by atoms with van der Waals surface area (Å²) in [7, 11) is 0. The van der Waals surface area contributed by atoms with Gasteiger partial charge in [0.1, 0.15) is 0 Å².